The van der Waals surface area contributed by atoms with Gasteiger partial charge in [0.1, 0.15) is 22.8 Å². The maximum atomic E-state index is 16.2. The van der Waals surface area contributed by atoms with Crippen molar-refractivity contribution in [2.45, 2.75) is 37.9 Å². The number of carbonyl (C=O) groups excluding carboxylic acids is 3. The van der Waals surface area contributed by atoms with Crippen LogP contribution in [0.1, 0.15) is 36.0 Å². The van der Waals surface area contributed by atoms with Gasteiger partial charge >= 0.3 is 12.2 Å². The van der Waals surface area contributed by atoms with E-state index in [1.165, 1.54) is 11.1 Å². The van der Waals surface area contributed by atoms with Gasteiger partial charge in [0.05, 0.1) is 11.1 Å². The smallest absolute Gasteiger partial charge is 0.451 e. The largest absolute Gasteiger partial charge is 0.452 e. The van der Waals surface area contributed by atoms with Crippen molar-refractivity contribution in [1.29, 1.82) is 0 Å². The third-order valence-electron chi connectivity index (χ3n) is 9.67. The van der Waals surface area contributed by atoms with Gasteiger partial charge in [-0.05, 0) is 57.0 Å². The van der Waals surface area contributed by atoms with E-state index in [1.807, 2.05) is 0 Å². The van der Waals surface area contributed by atoms with Crippen molar-refractivity contribution in [2.24, 2.45) is 0 Å². The first kappa shape index (κ1) is 33.1. The molecular formula is C33H33ClF4N6O5. The van der Waals surface area contributed by atoms with Crippen molar-refractivity contribution in [3.05, 3.63) is 57.1 Å². The number of hydrogen-bond donors (Lipinski definition) is 1. The van der Waals surface area contributed by atoms with Crippen LogP contribution in [-0.2, 0) is 4.79 Å². The molecule has 1 aromatic heterocycles. The molecular weight excluding hydrogens is 672 g/mol. The molecule has 3 saturated heterocycles. The lowest BCUT2D eigenvalue weighted by molar-refractivity contribution is -0.175. The third kappa shape index (κ3) is 6.07. The third-order valence-corrected chi connectivity index (χ3v) is 9.90. The number of alkyl halides is 3. The highest BCUT2D eigenvalue weighted by molar-refractivity contribution is 6.30. The van der Waals surface area contributed by atoms with Crippen molar-refractivity contribution in [2.75, 3.05) is 63.8 Å². The predicted molar refractivity (Wildman–Crippen MR) is 173 cm³/mol. The number of benzene rings is 2. The number of anilines is 1. The number of amides is 3. The standard InChI is InChI=1S/C33H33ClF4N6O5/c34-19-5-6-23-25(16-19)49-29-26-20(28(45)21(18-44(23)26)31(47)39-7-11-40-8-1-2-9-40)17-22(35)27(29)41-12-14-42(15-13-41)32(48)43-10-3-4-24(43)30(46)33(36,37)38/h5-6,16-18,24H,1-4,7-15H2,(H,39,47)/t24-/m0/s1. The summed E-state index contributed by atoms with van der Waals surface area (Å²) >= 11 is 6.28. The number of ether oxygens (including phenoxy) is 1. The minimum atomic E-state index is -5.05. The number of halogens is 5. The number of pyridine rings is 1. The number of hydrogen-bond acceptors (Lipinski definition) is 7. The molecule has 11 nitrogen and oxygen atoms in total. The predicted octanol–water partition coefficient (Wildman–Crippen LogP) is 4.55. The number of carbonyl (C=O) groups is 3. The van der Waals surface area contributed by atoms with E-state index in [1.54, 1.807) is 27.7 Å². The highest BCUT2D eigenvalue weighted by Crippen LogP contribution is 2.47. The fourth-order valence-electron chi connectivity index (χ4n) is 7.23. The number of piperazine rings is 1. The van der Waals surface area contributed by atoms with Crippen LogP contribution in [0.3, 0.4) is 0 Å². The fraction of sp³-hybridized carbons (Fsp3) is 0.455. The zero-order chi connectivity index (χ0) is 34.6. The molecule has 4 aliphatic heterocycles. The Labute approximate surface area is 282 Å². The van der Waals surface area contributed by atoms with Gasteiger partial charge < -0.3 is 34.2 Å². The molecule has 0 radical (unpaired) electrons. The lowest BCUT2D eigenvalue weighted by atomic mass is 10.0. The average molecular weight is 705 g/mol. The van der Waals surface area contributed by atoms with Gasteiger partial charge in [-0.2, -0.15) is 13.2 Å². The molecule has 1 atom stereocenters. The van der Waals surface area contributed by atoms with Crippen LogP contribution in [0.2, 0.25) is 5.02 Å². The Morgan fingerprint density at radius 2 is 1.71 bits per heavy atom. The molecule has 3 aromatic rings. The van der Waals surface area contributed by atoms with Crippen molar-refractivity contribution in [1.82, 2.24) is 24.6 Å². The van der Waals surface area contributed by atoms with Crippen LogP contribution in [0.25, 0.3) is 16.6 Å². The van der Waals surface area contributed by atoms with E-state index in [0.29, 0.717) is 23.8 Å². The van der Waals surface area contributed by atoms with Crippen molar-refractivity contribution in [3.63, 3.8) is 0 Å². The van der Waals surface area contributed by atoms with Crippen LogP contribution < -0.4 is 20.4 Å². The second kappa shape index (κ2) is 12.8. The molecule has 0 saturated carbocycles. The van der Waals surface area contributed by atoms with Gasteiger partial charge in [0.15, 0.2) is 17.3 Å². The van der Waals surface area contributed by atoms with E-state index >= 15 is 4.39 Å². The van der Waals surface area contributed by atoms with Gasteiger partial charge in [0.25, 0.3) is 11.7 Å². The van der Waals surface area contributed by atoms with E-state index in [4.69, 9.17) is 16.3 Å². The Kier molecular flexibility index (Phi) is 8.67. The maximum absolute atomic E-state index is 16.2. The number of rotatable bonds is 6. The SMILES string of the molecule is O=C(NCCN1CCCC1)c1cn2c3c(c(N4CCN(C(=O)N5CCC[C@H]5C(=O)C(F)(F)F)CC4)c(F)cc3c1=O)Oc1cc(Cl)ccc1-2. The summed E-state index contributed by atoms with van der Waals surface area (Å²) < 4.78 is 63.5. The zero-order valence-corrected chi connectivity index (χ0v) is 27.1. The van der Waals surface area contributed by atoms with Crippen LogP contribution in [0.5, 0.6) is 11.5 Å². The van der Waals surface area contributed by atoms with Gasteiger partial charge in [-0.15, -0.1) is 0 Å². The number of likely N-dealkylation sites (tertiary alicyclic amines) is 2. The quantitative estimate of drug-likeness (QED) is 0.294. The van der Waals surface area contributed by atoms with Gasteiger partial charge in [-0.3, -0.25) is 14.4 Å². The van der Waals surface area contributed by atoms with Crippen LogP contribution in [0.4, 0.5) is 28.0 Å². The molecule has 7 rings (SSSR count). The molecule has 1 N–H and O–H groups in total. The number of fused-ring (bicyclic) bond motifs is 2. The molecule has 16 heteroatoms. The molecule has 0 bridgehead atoms. The first-order valence-electron chi connectivity index (χ1n) is 16.2. The van der Waals surface area contributed by atoms with Crippen LogP contribution in [0, 0.1) is 5.82 Å². The maximum Gasteiger partial charge on any atom is 0.452 e. The van der Waals surface area contributed by atoms with Crippen LogP contribution in [-0.4, -0.2) is 108 Å². The lowest BCUT2D eigenvalue weighted by Crippen LogP contribution is -2.56. The summed E-state index contributed by atoms with van der Waals surface area (Å²) in [6, 6.07) is 3.67. The lowest BCUT2D eigenvalue weighted by Gasteiger charge is -2.39. The first-order chi connectivity index (χ1) is 23.4. The van der Waals surface area contributed by atoms with Crippen molar-refractivity contribution in [3.8, 4) is 17.2 Å². The van der Waals surface area contributed by atoms with E-state index in [-0.39, 0.29) is 79.2 Å². The minimum Gasteiger partial charge on any atom is -0.451 e. The molecule has 3 fully saturated rings. The van der Waals surface area contributed by atoms with E-state index < -0.39 is 41.2 Å². The number of aromatic nitrogens is 1. The highest BCUT2D eigenvalue weighted by Gasteiger charge is 2.49. The highest BCUT2D eigenvalue weighted by atomic mass is 35.5. The second-order valence-electron chi connectivity index (χ2n) is 12.7. The summed E-state index contributed by atoms with van der Waals surface area (Å²) in [5.41, 5.74) is -0.0799. The summed E-state index contributed by atoms with van der Waals surface area (Å²) in [6.07, 6.45) is -1.22. The number of nitrogens with zero attached hydrogens (tertiary/aromatic N) is 5. The molecule has 3 amide bonds. The van der Waals surface area contributed by atoms with Gasteiger partial charge in [-0.1, -0.05) is 11.6 Å². The normalized spacial score (nSPS) is 19.3. The van der Waals surface area contributed by atoms with Crippen molar-refractivity contribution < 1.29 is 36.7 Å². The van der Waals surface area contributed by atoms with E-state index in [2.05, 4.69) is 10.2 Å². The molecule has 5 heterocycles. The van der Waals surface area contributed by atoms with Crippen molar-refractivity contribution >= 4 is 45.9 Å². The minimum absolute atomic E-state index is 0.0208. The van der Waals surface area contributed by atoms with Gasteiger partial charge in [0.2, 0.25) is 5.43 Å². The summed E-state index contributed by atoms with van der Waals surface area (Å²) in [7, 11) is 0. The fourth-order valence-corrected chi connectivity index (χ4v) is 7.39. The molecule has 0 aliphatic carbocycles. The topological polar surface area (TPSA) is 107 Å². The number of ketones is 1. The van der Waals surface area contributed by atoms with Gasteiger partial charge in [0, 0.05) is 63.1 Å². The molecule has 4 aliphatic rings. The Hall–Kier alpha value is -4.37. The van der Waals surface area contributed by atoms with Gasteiger partial charge in [-0.25, -0.2) is 9.18 Å². The average Bonchev–Trinajstić information content (AvgIpc) is 3.77. The molecule has 0 spiro atoms. The molecule has 49 heavy (non-hydrogen) atoms. The number of urea groups is 1. The number of Topliss-reactive ketones (excluding diaryl/α,β-unsaturated/α-hetero) is 1. The second-order valence-corrected chi connectivity index (χ2v) is 13.1. The Bertz CT molecular complexity index is 1910. The Balaban J connectivity index is 1.18. The number of nitrogens with one attached hydrogen (secondary N) is 1. The first-order valence-corrected chi connectivity index (χ1v) is 16.6. The summed E-state index contributed by atoms with van der Waals surface area (Å²) in [6.45, 7) is 3.16. The Morgan fingerprint density at radius 1 is 0.980 bits per heavy atom. The van der Waals surface area contributed by atoms with Crippen LogP contribution >= 0.6 is 11.6 Å². The van der Waals surface area contributed by atoms with E-state index in [0.717, 1.165) is 36.9 Å². The monoisotopic (exact) mass is 704 g/mol. The van der Waals surface area contributed by atoms with E-state index in [9.17, 15) is 32.3 Å². The zero-order valence-electron chi connectivity index (χ0n) is 26.3. The summed E-state index contributed by atoms with van der Waals surface area (Å²) in [5.74, 6) is -3.03. The summed E-state index contributed by atoms with van der Waals surface area (Å²) in [4.78, 5) is 58.5. The molecule has 2 aromatic carbocycles. The molecule has 0 unspecified atom stereocenters. The van der Waals surface area contributed by atoms with Crippen LogP contribution in [0.15, 0.2) is 35.3 Å². The Morgan fingerprint density at radius 3 is 2.43 bits per heavy atom. The summed E-state index contributed by atoms with van der Waals surface area (Å²) in [5, 5.41) is 3.10. The molecule has 260 valence electrons.